The Hall–Kier alpha value is -1.85. The molecule has 0 aromatic heterocycles. The van der Waals surface area contributed by atoms with Gasteiger partial charge in [-0.3, -0.25) is 0 Å². The molecule has 1 unspecified atom stereocenters. The predicted molar refractivity (Wildman–Crippen MR) is 95.6 cm³/mol. The van der Waals surface area contributed by atoms with Crippen molar-refractivity contribution >= 4 is 10.0 Å². The van der Waals surface area contributed by atoms with Crippen molar-refractivity contribution in [3.05, 3.63) is 64.7 Å². The van der Waals surface area contributed by atoms with Crippen molar-refractivity contribution in [3.8, 4) is 5.75 Å². The fourth-order valence-electron chi connectivity index (χ4n) is 3.34. The SMILES string of the molecule is COc1ccc2c(c1)CCN(S(=O)(=O)Cc1ccccc1C)C2C. The van der Waals surface area contributed by atoms with E-state index in [1.165, 1.54) is 5.56 Å². The zero-order valence-electron chi connectivity index (χ0n) is 14.3. The number of fused-ring (bicyclic) bond motifs is 1. The van der Waals surface area contributed by atoms with Gasteiger partial charge in [-0.15, -0.1) is 0 Å². The number of ether oxygens (including phenoxy) is 1. The summed E-state index contributed by atoms with van der Waals surface area (Å²) in [5.74, 6) is 0.868. The maximum atomic E-state index is 13.0. The van der Waals surface area contributed by atoms with Crippen LogP contribution in [0.1, 0.15) is 35.2 Å². The standard InChI is InChI=1S/C19H23NO3S/c1-14-6-4-5-7-17(14)13-24(21,22)20-11-10-16-12-18(23-3)8-9-19(16)15(20)2/h4-9,12,15H,10-11,13H2,1-3H3. The molecule has 0 spiro atoms. The molecule has 1 atom stereocenters. The van der Waals surface area contributed by atoms with Gasteiger partial charge >= 0.3 is 0 Å². The zero-order valence-corrected chi connectivity index (χ0v) is 15.1. The van der Waals surface area contributed by atoms with Crippen LogP contribution in [0.25, 0.3) is 0 Å². The summed E-state index contributed by atoms with van der Waals surface area (Å²) in [5, 5.41) is 0. The molecular formula is C19H23NO3S. The lowest BCUT2D eigenvalue weighted by Gasteiger charge is -2.34. The number of rotatable bonds is 4. The average Bonchev–Trinajstić information content (AvgIpc) is 2.56. The van der Waals surface area contributed by atoms with Crippen LogP contribution < -0.4 is 4.74 Å². The van der Waals surface area contributed by atoms with E-state index in [0.29, 0.717) is 13.0 Å². The first-order valence-electron chi connectivity index (χ1n) is 8.13. The molecule has 3 rings (SSSR count). The highest BCUT2D eigenvalue weighted by Gasteiger charge is 2.33. The van der Waals surface area contributed by atoms with E-state index < -0.39 is 10.0 Å². The number of methoxy groups -OCH3 is 1. The number of hydrogen-bond donors (Lipinski definition) is 0. The van der Waals surface area contributed by atoms with Crippen LogP contribution in [-0.4, -0.2) is 26.4 Å². The van der Waals surface area contributed by atoms with E-state index in [2.05, 4.69) is 0 Å². The number of nitrogens with zero attached hydrogens (tertiary/aromatic N) is 1. The average molecular weight is 345 g/mol. The highest BCUT2D eigenvalue weighted by molar-refractivity contribution is 7.88. The maximum Gasteiger partial charge on any atom is 0.218 e. The largest absolute Gasteiger partial charge is 0.497 e. The molecule has 128 valence electrons. The Kier molecular flexibility index (Phi) is 4.65. The quantitative estimate of drug-likeness (QED) is 0.853. The Balaban J connectivity index is 1.88. The van der Waals surface area contributed by atoms with Gasteiger partial charge in [0.2, 0.25) is 10.0 Å². The van der Waals surface area contributed by atoms with E-state index in [4.69, 9.17) is 4.74 Å². The molecule has 2 aromatic carbocycles. The van der Waals surface area contributed by atoms with Gasteiger partial charge in [0.15, 0.2) is 0 Å². The monoisotopic (exact) mass is 345 g/mol. The molecule has 0 N–H and O–H groups in total. The van der Waals surface area contributed by atoms with E-state index in [0.717, 1.165) is 22.4 Å². The lowest BCUT2D eigenvalue weighted by Crippen LogP contribution is -2.39. The summed E-state index contributed by atoms with van der Waals surface area (Å²) in [6.45, 7) is 4.42. The van der Waals surface area contributed by atoms with Crippen molar-refractivity contribution in [1.82, 2.24) is 4.31 Å². The summed E-state index contributed by atoms with van der Waals surface area (Å²) in [5.41, 5.74) is 4.11. The molecular weight excluding hydrogens is 322 g/mol. The third kappa shape index (κ3) is 3.19. The Labute approximate surface area is 144 Å². The summed E-state index contributed by atoms with van der Waals surface area (Å²) in [6, 6.07) is 13.4. The molecule has 0 saturated heterocycles. The van der Waals surface area contributed by atoms with Gasteiger partial charge < -0.3 is 4.74 Å². The second-order valence-electron chi connectivity index (χ2n) is 6.28. The Morgan fingerprint density at radius 1 is 1.21 bits per heavy atom. The molecule has 0 amide bonds. The van der Waals surface area contributed by atoms with Crippen LogP contribution in [0, 0.1) is 6.92 Å². The van der Waals surface area contributed by atoms with Crippen molar-refractivity contribution in [3.63, 3.8) is 0 Å². The highest BCUT2D eigenvalue weighted by Crippen LogP contribution is 2.34. The van der Waals surface area contributed by atoms with E-state index in [1.807, 2.05) is 56.3 Å². The highest BCUT2D eigenvalue weighted by atomic mass is 32.2. The van der Waals surface area contributed by atoms with Gasteiger partial charge in [0, 0.05) is 12.6 Å². The summed E-state index contributed by atoms with van der Waals surface area (Å²) < 4.78 is 32.8. The predicted octanol–water partition coefficient (Wildman–Crippen LogP) is 3.45. The van der Waals surface area contributed by atoms with Crippen molar-refractivity contribution in [2.75, 3.05) is 13.7 Å². The molecule has 1 aliphatic rings. The van der Waals surface area contributed by atoms with Gasteiger partial charge in [0.25, 0.3) is 0 Å². The third-order valence-corrected chi connectivity index (χ3v) is 6.68. The molecule has 0 fully saturated rings. The van der Waals surface area contributed by atoms with Crippen molar-refractivity contribution in [2.24, 2.45) is 0 Å². The Morgan fingerprint density at radius 2 is 1.96 bits per heavy atom. The van der Waals surface area contributed by atoms with Crippen LogP contribution in [0.4, 0.5) is 0 Å². The minimum atomic E-state index is -3.36. The number of benzene rings is 2. The molecule has 0 bridgehead atoms. The molecule has 5 heteroatoms. The zero-order chi connectivity index (χ0) is 17.3. The fourth-order valence-corrected chi connectivity index (χ4v) is 5.19. The number of sulfonamides is 1. The summed E-state index contributed by atoms with van der Waals surface area (Å²) in [4.78, 5) is 0. The van der Waals surface area contributed by atoms with Gasteiger partial charge in [0.1, 0.15) is 5.75 Å². The van der Waals surface area contributed by atoms with Gasteiger partial charge in [-0.25, -0.2) is 8.42 Å². The normalized spacial score (nSPS) is 18.2. The second-order valence-corrected chi connectivity index (χ2v) is 8.21. The third-order valence-electron chi connectivity index (χ3n) is 4.79. The van der Waals surface area contributed by atoms with Crippen LogP contribution >= 0.6 is 0 Å². The first kappa shape index (κ1) is 17.0. The van der Waals surface area contributed by atoms with E-state index >= 15 is 0 Å². The van der Waals surface area contributed by atoms with Gasteiger partial charge in [-0.1, -0.05) is 30.3 Å². The molecule has 4 nitrogen and oxygen atoms in total. The minimum absolute atomic E-state index is 0.0511. The van der Waals surface area contributed by atoms with Gasteiger partial charge in [0.05, 0.1) is 12.9 Å². The van der Waals surface area contributed by atoms with Crippen LogP contribution in [0.2, 0.25) is 0 Å². The molecule has 0 aliphatic carbocycles. The van der Waals surface area contributed by atoms with E-state index in [1.54, 1.807) is 11.4 Å². The summed E-state index contributed by atoms with van der Waals surface area (Å²) >= 11 is 0. The molecule has 0 radical (unpaired) electrons. The molecule has 2 aromatic rings. The minimum Gasteiger partial charge on any atom is -0.497 e. The van der Waals surface area contributed by atoms with Crippen LogP contribution in [0.15, 0.2) is 42.5 Å². The first-order chi connectivity index (χ1) is 11.4. The maximum absolute atomic E-state index is 13.0. The molecule has 24 heavy (non-hydrogen) atoms. The lowest BCUT2D eigenvalue weighted by atomic mass is 9.95. The second kappa shape index (κ2) is 6.57. The van der Waals surface area contributed by atoms with Crippen molar-refractivity contribution in [2.45, 2.75) is 32.1 Å². The topological polar surface area (TPSA) is 46.6 Å². The fraction of sp³-hybridized carbons (Fsp3) is 0.368. The van der Waals surface area contributed by atoms with Crippen LogP contribution in [0.3, 0.4) is 0 Å². The molecule has 1 aliphatic heterocycles. The van der Waals surface area contributed by atoms with Gasteiger partial charge in [-0.2, -0.15) is 4.31 Å². The van der Waals surface area contributed by atoms with Crippen molar-refractivity contribution in [1.29, 1.82) is 0 Å². The van der Waals surface area contributed by atoms with Crippen LogP contribution in [-0.2, 0) is 22.2 Å². The lowest BCUT2D eigenvalue weighted by molar-refractivity contribution is 0.325. The molecule has 1 heterocycles. The first-order valence-corrected chi connectivity index (χ1v) is 9.74. The van der Waals surface area contributed by atoms with E-state index in [-0.39, 0.29) is 11.8 Å². The van der Waals surface area contributed by atoms with Gasteiger partial charge in [-0.05, 0) is 54.7 Å². The van der Waals surface area contributed by atoms with Crippen LogP contribution in [0.5, 0.6) is 5.75 Å². The molecule has 0 saturated carbocycles. The number of hydrogen-bond acceptors (Lipinski definition) is 3. The Bertz CT molecular complexity index is 845. The summed E-state index contributed by atoms with van der Waals surface area (Å²) in [6.07, 6.45) is 0.712. The smallest absolute Gasteiger partial charge is 0.218 e. The number of aryl methyl sites for hydroxylation is 1. The summed E-state index contributed by atoms with van der Waals surface area (Å²) in [7, 11) is -1.72. The van der Waals surface area contributed by atoms with E-state index in [9.17, 15) is 8.42 Å². The van der Waals surface area contributed by atoms with Crippen molar-refractivity contribution < 1.29 is 13.2 Å². The Morgan fingerprint density at radius 3 is 2.67 bits per heavy atom.